The molecule has 2 aromatic rings. The van der Waals surface area contributed by atoms with Gasteiger partial charge in [-0.05, 0) is 35.9 Å². The first-order valence-corrected chi connectivity index (χ1v) is 6.36. The molecule has 0 amide bonds. The van der Waals surface area contributed by atoms with E-state index in [2.05, 4.69) is 0 Å². The van der Waals surface area contributed by atoms with Gasteiger partial charge in [-0.1, -0.05) is 0 Å². The molecule has 0 saturated heterocycles. The molecule has 1 aromatic carbocycles. The molecule has 0 saturated carbocycles. The highest BCUT2D eigenvalue weighted by molar-refractivity contribution is 6.08. The van der Waals surface area contributed by atoms with Crippen LogP contribution in [0.15, 0.2) is 33.6 Å². The van der Waals surface area contributed by atoms with Gasteiger partial charge >= 0.3 is 17.4 Å². The van der Waals surface area contributed by atoms with Gasteiger partial charge in [0.25, 0.3) is 0 Å². The Morgan fingerprint density at radius 3 is 2.57 bits per heavy atom. The van der Waals surface area contributed by atoms with Gasteiger partial charge < -0.3 is 4.74 Å². The predicted molar refractivity (Wildman–Crippen MR) is 78.2 cm³/mol. The van der Waals surface area contributed by atoms with Gasteiger partial charge in [0.2, 0.25) is 0 Å². The fourth-order valence-corrected chi connectivity index (χ4v) is 2.36. The quantitative estimate of drug-likeness (QED) is 0.525. The van der Waals surface area contributed by atoms with Gasteiger partial charge in [-0.2, -0.15) is 9.48 Å². The summed E-state index contributed by atoms with van der Waals surface area (Å²) in [5, 5.41) is 7.66. The largest absolute Gasteiger partial charge is 0.497 e. The predicted octanol–water partition coefficient (Wildman–Crippen LogP) is 1.36. The Labute approximate surface area is 120 Å². The molecule has 1 N–H and O–H groups in total. The molecule has 0 atom stereocenters. The van der Waals surface area contributed by atoms with Crippen molar-refractivity contribution in [1.29, 1.82) is 5.41 Å². The molecule has 21 heavy (non-hydrogen) atoms. The molecule has 1 aromatic heterocycles. The van der Waals surface area contributed by atoms with E-state index in [0.29, 0.717) is 17.4 Å². The number of hydrogen-bond acceptors (Lipinski definition) is 4. The highest BCUT2D eigenvalue weighted by Crippen LogP contribution is 2.25. The van der Waals surface area contributed by atoms with Crippen LogP contribution in [-0.2, 0) is 0 Å². The molecular formula is C14H15N4O3+. The maximum absolute atomic E-state index is 12.0. The van der Waals surface area contributed by atoms with E-state index in [-0.39, 0.29) is 5.56 Å². The molecule has 2 bridgehead atoms. The Hall–Kier alpha value is -2.83. The van der Waals surface area contributed by atoms with Crippen molar-refractivity contribution in [3.8, 4) is 5.75 Å². The van der Waals surface area contributed by atoms with E-state index in [1.54, 1.807) is 42.7 Å². The smallest absolute Gasteiger partial charge is 0.414 e. The Bertz CT molecular complexity index is 799. The summed E-state index contributed by atoms with van der Waals surface area (Å²) in [7, 11) is 3.38. The Morgan fingerprint density at radius 2 is 2.05 bits per heavy atom. The zero-order valence-corrected chi connectivity index (χ0v) is 12.0. The second-order valence-corrected chi connectivity index (χ2v) is 4.68. The van der Waals surface area contributed by atoms with E-state index in [0.717, 1.165) is 17.8 Å². The molecule has 1 aliphatic rings. The number of nitrogens with zero attached hydrogens (tertiary/aromatic N) is 3. The van der Waals surface area contributed by atoms with E-state index in [1.165, 1.54) is 4.74 Å². The van der Waals surface area contributed by atoms with Gasteiger partial charge in [0.15, 0.2) is 6.34 Å². The summed E-state index contributed by atoms with van der Waals surface area (Å²) >= 11 is 0. The van der Waals surface area contributed by atoms with Crippen LogP contribution in [0.5, 0.6) is 5.75 Å². The molecule has 0 radical (unpaired) electrons. The number of nitrogens with one attached hydrogen (secondary N) is 1. The number of methoxy groups -OCH3 is 1. The van der Waals surface area contributed by atoms with Crippen molar-refractivity contribution in [3.05, 3.63) is 40.2 Å². The summed E-state index contributed by atoms with van der Waals surface area (Å²) in [5.41, 5.74) is 1.08. The molecule has 2 heterocycles. The Balaban J connectivity index is 2.08. The number of benzene rings is 1. The van der Waals surface area contributed by atoms with Crippen molar-refractivity contribution < 1.29 is 13.8 Å². The molecule has 1 aliphatic heterocycles. The summed E-state index contributed by atoms with van der Waals surface area (Å²) in [4.78, 5) is 13.6. The van der Waals surface area contributed by atoms with Gasteiger partial charge in [-0.15, -0.1) is 0 Å². The molecule has 0 unspecified atom stereocenters. The molecule has 7 heteroatoms. The SMILES string of the molecule is COc1ccc(N(C=N)C2=[N+](C)c3on2c(=O)c3C)cc1. The highest BCUT2D eigenvalue weighted by Gasteiger charge is 2.39. The first-order chi connectivity index (χ1) is 10.1. The first kappa shape index (κ1) is 13.2. The van der Waals surface area contributed by atoms with Crippen LogP contribution in [0.25, 0.3) is 0 Å². The minimum Gasteiger partial charge on any atom is -0.497 e. The zero-order chi connectivity index (χ0) is 15.1. The summed E-state index contributed by atoms with van der Waals surface area (Å²) < 4.78 is 13.5. The molecule has 0 aliphatic carbocycles. The van der Waals surface area contributed by atoms with Crippen LogP contribution in [0, 0.1) is 12.3 Å². The third-order valence-electron chi connectivity index (χ3n) is 3.49. The average molecular weight is 287 g/mol. The van der Waals surface area contributed by atoms with Crippen molar-refractivity contribution in [2.75, 3.05) is 19.1 Å². The average Bonchev–Trinajstić information content (AvgIpc) is 2.98. The fourth-order valence-electron chi connectivity index (χ4n) is 2.36. The molecule has 0 fully saturated rings. The lowest BCUT2D eigenvalue weighted by Gasteiger charge is -2.13. The normalized spacial score (nSPS) is 12.7. The highest BCUT2D eigenvalue weighted by atomic mass is 16.5. The van der Waals surface area contributed by atoms with Crippen molar-refractivity contribution in [2.24, 2.45) is 0 Å². The number of aromatic nitrogens is 1. The third-order valence-corrected chi connectivity index (χ3v) is 3.49. The lowest BCUT2D eigenvalue weighted by atomic mass is 10.3. The summed E-state index contributed by atoms with van der Waals surface area (Å²) in [6, 6.07) is 7.21. The lowest BCUT2D eigenvalue weighted by Crippen LogP contribution is -2.43. The van der Waals surface area contributed by atoms with Gasteiger partial charge in [-0.25, -0.2) is 4.79 Å². The number of anilines is 1. The number of fused-ring (bicyclic) bond motifs is 2. The molecule has 108 valence electrons. The van der Waals surface area contributed by atoms with Gasteiger partial charge in [0.05, 0.1) is 14.2 Å². The first-order valence-electron chi connectivity index (χ1n) is 6.36. The van der Waals surface area contributed by atoms with E-state index < -0.39 is 0 Å². The number of hydrogen-bond donors (Lipinski definition) is 1. The van der Waals surface area contributed by atoms with Crippen LogP contribution in [0.3, 0.4) is 0 Å². The lowest BCUT2D eigenvalue weighted by molar-refractivity contribution is -0.415. The monoisotopic (exact) mass is 287 g/mol. The number of rotatable bonds is 3. The third kappa shape index (κ3) is 1.78. The van der Waals surface area contributed by atoms with Crippen molar-refractivity contribution in [2.45, 2.75) is 6.92 Å². The molecule has 3 rings (SSSR count). The Morgan fingerprint density at radius 1 is 1.38 bits per heavy atom. The number of ether oxygens (including phenoxy) is 1. The van der Waals surface area contributed by atoms with Gasteiger partial charge in [0.1, 0.15) is 17.0 Å². The zero-order valence-electron chi connectivity index (χ0n) is 12.0. The maximum Gasteiger partial charge on any atom is 0.414 e. The van der Waals surface area contributed by atoms with E-state index >= 15 is 0 Å². The summed E-state index contributed by atoms with van der Waals surface area (Å²) in [6.45, 7) is 1.72. The van der Waals surface area contributed by atoms with Crippen LogP contribution in [-0.4, -0.2) is 35.8 Å². The van der Waals surface area contributed by atoms with Crippen molar-refractivity contribution >= 4 is 23.9 Å². The molecular weight excluding hydrogens is 272 g/mol. The van der Waals surface area contributed by atoms with Crippen molar-refractivity contribution in [1.82, 2.24) is 4.74 Å². The van der Waals surface area contributed by atoms with Crippen LogP contribution < -0.4 is 15.2 Å². The summed E-state index contributed by atoms with van der Waals surface area (Å²) in [6.07, 6.45) is 1.14. The van der Waals surface area contributed by atoms with E-state index in [9.17, 15) is 4.79 Å². The topological polar surface area (TPSA) is 74.5 Å². The molecule has 0 spiro atoms. The van der Waals surface area contributed by atoms with Crippen LogP contribution in [0.2, 0.25) is 0 Å². The summed E-state index contributed by atoms with van der Waals surface area (Å²) in [5.74, 6) is 1.69. The van der Waals surface area contributed by atoms with Crippen molar-refractivity contribution in [3.63, 3.8) is 0 Å². The second-order valence-electron chi connectivity index (χ2n) is 4.68. The van der Waals surface area contributed by atoms with Gasteiger partial charge in [-0.3, -0.25) is 9.93 Å². The van der Waals surface area contributed by atoms with Crippen LogP contribution >= 0.6 is 0 Å². The Kier molecular flexibility index (Phi) is 2.90. The van der Waals surface area contributed by atoms with Gasteiger partial charge in [0, 0.05) is 0 Å². The minimum atomic E-state index is -0.210. The molecule has 7 nitrogen and oxygen atoms in total. The second kappa shape index (κ2) is 4.62. The van der Waals surface area contributed by atoms with Crippen LogP contribution in [0.1, 0.15) is 5.56 Å². The fraction of sp³-hybridized carbons (Fsp3) is 0.214. The van der Waals surface area contributed by atoms with E-state index in [4.69, 9.17) is 14.7 Å². The maximum atomic E-state index is 12.0. The standard InChI is InChI=1S/C14H15N4O3/c1-9-12(19)18-14(16(2)13(9)21-18)17(8-15)10-4-6-11(20-3)7-5-10/h4-8,15H,1-3H3/q+1. The van der Waals surface area contributed by atoms with Crippen LogP contribution in [0.4, 0.5) is 11.6 Å². The van der Waals surface area contributed by atoms with E-state index in [1.807, 2.05) is 12.1 Å². The minimum absolute atomic E-state index is 0.210.